The molecular formula is C16H21N3O3. The van der Waals surface area contributed by atoms with Gasteiger partial charge in [-0.15, -0.1) is 0 Å². The zero-order chi connectivity index (χ0) is 15.9. The van der Waals surface area contributed by atoms with Gasteiger partial charge in [-0.25, -0.2) is 0 Å². The molecule has 2 aliphatic rings. The van der Waals surface area contributed by atoms with Crippen molar-refractivity contribution >= 4 is 11.7 Å². The van der Waals surface area contributed by atoms with Gasteiger partial charge in [-0.3, -0.25) is 14.4 Å². The summed E-state index contributed by atoms with van der Waals surface area (Å²) in [5, 5.41) is 0. The molecule has 1 aromatic rings. The summed E-state index contributed by atoms with van der Waals surface area (Å²) in [4.78, 5) is 43.5. The van der Waals surface area contributed by atoms with Crippen molar-refractivity contribution < 1.29 is 9.59 Å². The quantitative estimate of drug-likeness (QED) is 0.821. The van der Waals surface area contributed by atoms with Crippen molar-refractivity contribution in [3.8, 4) is 0 Å². The molecular weight excluding hydrogens is 282 g/mol. The molecule has 0 unspecified atom stereocenters. The Morgan fingerprint density at radius 2 is 1.86 bits per heavy atom. The second-order valence-corrected chi connectivity index (χ2v) is 6.44. The first-order valence-corrected chi connectivity index (χ1v) is 7.73. The Bertz CT molecular complexity index is 672. The fourth-order valence-electron chi connectivity index (χ4n) is 3.16. The van der Waals surface area contributed by atoms with Crippen LogP contribution in [-0.2, 0) is 6.42 Å². The van der Waals surface area contributed by atoms with Gasteiger partial charge in [0.15, 0.2) is 5.78 Å². The number of likely N-dealkylation sites (N-methyl/N-ethyl adjacent to an activating group) is 1. The van der Waals surface area contributed by atoms with E-state index < -0.39 is 0 Å². The van der Waals surface area contributed by atoms with Gasteiger partial charge < -0.3 is 14.8 Å². The minimum atomic E-state index is -0.385. The van der Waals surface area contributed by atoms with Gasteiger partial charge in [0.05, 0.1) is 0 Å². The highest BCUT2D eigenvalue weighted by molar-refractivity contribution is 6.01. The predicted octanol–water partition coefficient (Wildman–Crippen LogP) is 0.528. The zero-order valence-electron chi connectivity index (χ0n) is 13.0. The fourth-order valence-corrected chi connectivity index (χ4v) is 3.16. The van der Waals surface area contributed by atoms with Gasteiger partial charge in [0, 0.05) is 43.9 Å². The van der Waals surface area contributed by atoms with Gasteiger partial charge in [-0.05, 0) is 25.5 Å². The van der Waals surface area contributed by atoms with Crippen molar-refractivity contribution in [3.63, 3.8) is 0 Å². The van der Waals surface area contributed by atoms with Gasteiger partial charge in [0.25, 0.3) is 11.5 Å². The third-order valence-electron chi connectivity index (χ3n) is 4.53. The van der Waals surface area contributed by atoms with Crippen LogP contribution in [-0.4, -0.2) is 59.7 Å². The lowest BCUT2D eigenvalue weighted by molar-refractivity contribution is 0.0662. The van der Waals surface area contributed by atoms with E-state index in [2.05, 4.69) is 9.88 Å². The number of rotatable bonds is 1. The number of pyridine rings is 1. The van der Waals surface area contributed by atoms with Crippen LogP contribution in [0.1, 0.15) is 39.8 Å². The molecule has 1 aromatic heterocycles. The van der Waals surface area contributed by atoms with Crippen LogP contribution in [0.2, 0.25) is 0 Å². The van der Waals surface area contributed by atoms with Crippen molar-refractivity contribution in [1.29, 1.82) is 0 Å². The van der Waals surface area contributed by atoms with Gasteiger partial charge in [-0.2, -0.15) is 0 Å². The van der Waals surface area contributed by atoms with Crippen LogP contribution in [0.4, 0.5) is 0 Å². The third-order valence-corrected chi connectivity index (χ3v) is 4.53. The van der Waals surface area contributed by atoms with Gasteiger partial charge >= 0.3 is 0 Å². The maximum Gasteiger partial charge on any atom is 0.261 e. The van der Waals surface area contributed by atoms with Gasteiger partial charge in [0.2, 0.25) is 0 Å². The van der Waals surface area contributed by atoms with Crippen LogP contribution >= 0.6 is 0 Å². The average Bonchev–Trinajstić information content (AvgIpc) is 2.46. The van der Waals surface area contributed by atoms with Crippen LogP contribution in [0, 0.1) is 5.92 Å². The maximum atomic E-state index is 12.6. The third kappa shape index (κ3) is 2.70. The highest BCUT2D eigenvalue weighted by atomic mass is 16.2. The Kier molecular flexibility index (Phi) is 3.87. The first kappa shape index (κ1) is 15.0. The summed E-state index contributed by atoms with van der Waals surface area (Å²) in [6.07, 6.45) is 1.15. The number of ketones is 1. The molecule has 1 atom stereocenters. The molecule has 2 heterocycles. The highest BCUT2D eigenvalue weighted by Gasteiger charge is 2.28. The van der Waals surface area contributed by atoms with Crippen LogP contribution in [0.25, 0.3) is 0 Å². The molecule has 6 heteroatoms. The highest BCUT2D eigenvalue weighted by Crippen LogP contribution is 2.23. The Labute approximate surface area is 129 Å². The molecule has 1 N–H and O–H groups in total. The Morgan fingerprint density at radius 1 is 1.18 bits per heavy atom. The lowest BCUT2D eigenvalue weighted by Gasteiger charge is -2.32. The second-order valence-electron chi connectivity index (χ2n) is 6.44. The molecule has 1 aliphatic carbocycles. The van der Waals surface area contributed by atoms with Crippen LogP contribution in [0.15, 0.2) is 10.9 Å². The molecule has 0 saturated carbocycles. The minimum absolute atomic E-state index is 0.0115. The number of nitrogens with zero attached hydrogens (tertiary/aromatic N) is 2. The lowest BCUT2D eigenvalue weighted by Crippen LogP contribution is -2.48. The van der Waals surface area contributed by atoms with E-state index in [9.17, 15) is 14.4 Å². The number of aromatic nitrogens is 1. The van der Waals surface area contributed by atoms with E-state index in [0.717, 1.165) is 13.1 Å². The zero-order valence-corrected chi connectivity index (χ0v) is 13.0. The molecule has 118 valence electrons. The standard InChI is InChI=1S/C16H21N3O3/c1-10-7-13-11(14(20)8-10)9-12(15(21)17-13)16(22)19-5-3-18(2)4-6-19/h9-10H,3-8H2,1-2H3,(H,17,21)/t10-/m0/s1. The van der Waals surface area contributed by atoms with Crippen molar-refractivity contribution in [2.24, 2.45) is 5.92 Å². The lowest BCUT2D eigenvalue weighted by atomic mass is 9.86. The van der Waals surface area contributed by atoms with E-state index in [1.54, 1.807) is 4.90 Å². The molecule has 3 rings (SSSR count). The number of Topliss-reactive ketones (excluding diaryl/α,β-unsaturated/α-hetero) is 1. The smallest absolute Gasteiger partial charge is 0.261 e. The number of carbonyl (C=O) groups excluding carboxylic acids is 2. The number of piperazine rings is 1. The summed E-state index contributed by atoms with van der Waals surface area (Å²) in [6.45, 7) is 4.80. The fraction of sp³-hybridized carbons (Fsp3) is 0.562. The van der Waals surface area contributed by atoms with E-state index in [1.165, 1.54) is 6.07 Å². The monoisotopic (exact) mass is 303 g/mol. The van der Waals surface area contributed by atoms with E-state index in [-0.39, 0.29) is 28.7 Å². The number of fused-ring (bicyclic) bond motifs is 1. The van der Waals surface area contributed by atoms with Crippen molar-refractivity contribution in [2.45, 2.75) is 19.8 Å². The summed E-state index contributed by atoms with van der Waals surface area (Å²) < 4.78 is 0. The second kappa shape index (κ2) is 5.68. The largest absolute Gasteiger partial charge is 0.336 e. The number of nitrogens with one attached hydrogen (secondary N) is 1. The molecule has 1 saturated heterocycles. The topological polar surface area (TPSA) is 73.5 Å². The molecule has 0 spiro atoms. The summed E-state index contributed by atoms with van der Waals surface area (Å²) in [6, 6.07) is 1.50. The number of hydrogen-bond acceptors (Lipinski definition) is 4. The van der Waals surface area contributed by atoms with Crippen molar-refractivity contribution in [2.75, 3.05) is 33.2 Å². The SMILES string of the molecule is C[C@@H]1CC(=O)c2cc(C(=O)N3CCN(C)CC3)c(=O)[nH]c2C1. The molecule has 0 bridgehead atoms. The molecule has 22 heavy (non-hydrogen) atoms. The first-order chi connectivity index (χ1) is 10.5. The number of H-pyrrole nitrogens is 1. The maximum absolute atomic E-state index is 12.6. The molecule has 1 amide bonds. The summed E-state index contributed by atoms with van der Waals surface area (Å²) in [7, 11) is 2.01. The predicted molar refractivity (Wildman–Crippen MR) is 82.3 cm³/mol. The van der Waals surface area contributed by atoms with Crippen LogP contribution in [0.3, 0.4) is 0 Å². The summed E-state index contributed by atoms with van der Waals surface area (Å²) in [5.74, 6) is -0.0316. The number of aromatic amines is 1. The minimum Gasteiger partial charge on any atom is -0.336 e. The Morgan fingerprint density at radius 3 is 2.55 bits per heavy atom. The molecule has 1 fully saturated rings. The van der Waals surface area contributed by atoms with Crippen molar-refractivity contribution in [1.82, 2.24) is 14.8 Å². The van der Waals surface area contributed by atoms with E-state index >= 15 is 0 Å². The number of hydrogen-bond donors (Lipinski definition) is 1. The summed E-state index contributed by atoms with van der Waals surface area (Å²) in [5.41, 5.74) is 0.884. The number of amides is 1. The number of carbonyl (C=O) groups is 2. The van der Waals surface area contributed by atoms with Crippen LogP contribution < -0.4 is 5.56 Å². The van der Waals surface area contributed by atoms with E-state index in [4.69, 9.17) is 0 Å². The van der Waals surface area contributed by atoms with Gasteiger partial charge in [-0.1, -0.05) is 6.92 Å². The average molecular weight is 303 g/mol. The molecule has 0 aromatic carbocycles. The van der Waals surface area contributed by atoms with Gasteiger partial charge in [0.1, 0.15) is 5.56 Å². The molecule has 1 aliphatic heterocycles. The van der Waals surface area contributed by atoms with Crippen LogP contribution in [0.5, 0.6) is 0 Å². The normalized spacial score (nSPS) is 22.5. The Balaban J connectivity index is 1.91. The first-order valence-electron chi connectivity index (χ1n) is 7.73. The Hall–Kier alpha value is -1.95. The molecule has 0 radical (unpaired) electrons. The summed E-state index contributed by atoms with van der Waals surface area (Å²) >= 11 is 0. The van der Waals surface area contributed by atoms with Crippen molar-refractivity contribution in [3.05, 3.63) is 33.2 Å². The van der Waals surface area contributed by atoms with E-state index in [0.29, 0.717) is 37.2 Å². The molecule has 6 nitrogen and oxygen atoms in total. The van der Waals surface area contributed by atoms with E-state index in [1.807, 2.05) is 14.0 Å².